The lowest BCUT2D eigenvalue weighted by Crippen LogP contribution is -2.44. The van der Waals surface area contributed by atoms with E-state index in [9.17, 15) is 8.42 Å². The van der Waals surface area contributed by atoms with Crippen LogP contribution in [-0.2, 0) is 16.6 Å². The highest BCUT2D eigenvalue weighted by Gasteiger charge is 2.36. The molecule has 1 N–H and O–H groups in total. The Bertz CT molecular complexity index is 581. The Labute approximate surface area is 125 Å². The first-order valence-electron chi connectivity index (χ1n) is 6.72. The third-order valence-corrected chi connectivity index (χ3v) is 6.95. The van der Waals surface area contributed by atoms with Crippen LogP contribution in [0, 0.1) is 13.8 Å². The van der Waals surface area contributed by atoms with Crippen molar-refractivity contribution in [2.24, 2.45) is 0 Å². The number of thioether (sulfide) groups is 1. The summed E-state index contributed by atoms with van der Waals surface area (Å²) in [6, 6.07) is 0.0239. The molecule has 114 valence electrons. The minimum atomic E-state index is -3.49. The highest BCUT2D eigenvalue weighted by Crippen LogP contribution is 2.32. The number of furan rings is 1. The second-order valence-corrected chi connectivity index (χ2v) is 8.07. The minimum absolute atomic E-state index is 0.0239. The molecule has 5 nitrogen and oxygen atoms in total. The summed E-state index contributed by atoms with van der Waals surface area (Å²) in [4.78, 5) is 0.350. The van der Waals surface area contributed by atoms with Crippen LogP contribution >= 0.6 is 11.8 Å². The molecule has 0 aromatic carbocycles. The van der Waals surface area contributed by atoms with Crippen LogP contribution in [0.3, 0.4) is 0 Å². The van der Waals surface area contributed by atoms with E-state index in [0.717, 1.165) is 17.1 Å². The van der Waals surface area contributed by atoms with E-state index in [-0.39, 0.29) is 6.04 Å². The molecule has 2 heterocycles. The van der Waals surface area contributed by atoms with Gasteiger partial charge in [0.25, 0.3) is 0 Å². The van der Waals surface area contributed by atoms with Gasteiger partial charge in [0.05, 0.1) is 0 Å². The molecule has 1 atom stereocenters. The summed E-state index contributed by atoms with van der Waals surface area (Å²) in [5, 5.41) is 3.02. The molecule has 1 aromatic rings. The fourth-order valence-electron chi connectivity index (χ4n) is 2.62. The second kappa shape index (κ2) is 6.09. The maximum atomic E-state index is 13.0. The van der Waals surface area contributed by atoms with E-state index in [4.69, 9.17) is 4.42 Å². The molecule has 2 rings (SSSR count). The van der Waals surface area contributed by atoms with Gasteiger partial charge in [-0.15, -0.1) is 0 Å². The fraction of sp³-hybridized carbons (Fsp3) is 0.692. The van der Waals surface area contributed by atoms with E-state index in [1.165, 1.54) is 0 Å². The summed E-state index contributed by atoms with van der Waals surface area (Å²) in [5.41, 5.74) is 0.746. The Hall–Kier alpha value is -0.500. The maximum absolute atomic E-state index is 13.0. The van der Waals surface area contributed by atoms with Crippen molar-refractivity contribution in [1.82, 2.24) is 9.62 Å². The van der Waals surface area contributed by atoms with E-state index in [1.54, 1.807) is 30.0 Å². The van der Waals surface area contributed by atoms with Crippen molar-refractivity contribution in [2.75, 3.05) is 25.1 Å². The first-order chi connectivity index (χ1) is 9.39. The van der Waals surface area contributed by atoms with Gasteiger partial charge in [0.15, 0.2) is 0 Å². The van der Waals surface area contributed by atoms with Gasteiger partial charge in [-0.2, -0.15) is 16.1 Å². The SMILES string of the molecule is CNCc1c(C)oc(C)c1S(=O)(=O)N1CCSCC1C. The molecular weight excluding hydrogens is 296 g/mol. The molecule has 0 spiro atoms. The summed E-state index contributed by atoms with van der Waals surface area (Å²) in [5.74, 6) is 2.85. The van der Waals surface area contributed by atoms with Gasteiger partial charge in [-0.1, -0.05) is 0 Å². The fourth-order valence-corrected chi connectivity index (χ4v) is 5.89. The van der Waals surface area contributed by atoms with Crippen molar-refractivity contribution in [2.45, 2.75) is 38.3 Å². The molecule has 1 aromatic heterocycles. The van der Waals surface area contributed by atoms with Crippen molar-refractivity contribution in [3.8, 4) is 0 Å². The van der Waals surface area contributed by atoms with Gasteiger partial charge < -0.3 is 9.73 Å². The van der Waals surface area contributed by atoms with Crippen LogP contribution in [0.15, 0.2) is 9.31 Å². The van der Waals surface area contributed by atoms with Crippen molar-refractivity contribution in [1.29, 1.82) is 0 Å². The summed E-state index contributed by atoms with van der Waals surface area (Å²) in [7, 11) is -1.68. The Kier molecular flexibility index (Phi) is 4.84. The molecule has 0 radical (unpaired) electrons. The number of sulfonamides is 1. The van der Waals surface area contributed by atoms with Gasteiger partial charge in [-0.05, 0) is 27.8 Å². The lowest BCUT2D eigenvalue weighted by atomic mass is 10.2. The topological polar surface area (TPSA) is 62.6 Å². The van der Waals surface area contributed by atoms with E-state index in [0.29, 0.717) is 29.5 Å². The molecule has 1 unspecified atom stereocenters. The van der Waals surface area contributed by atoms with Gasteiger partial charge in [0.1, 0.15) is 16.4 Å². The molecule has 7 heteroatoms. The third kappa shape index (κ3) is 2.77. The summed E-state index contributed by atoms with van der Waals surface area (Å²) >= 11 is 1.80. The van der Waals surface area contributed by atoms with Crippen molar-refractivity contribution >= 4 is 21.8 Å². The highest BCUT2D eigenvalue weighted by molar-refractivity contribution is 7.99. The molecule has 1 aliphatic heterocycles. The molecule has 0 aliphatic carbocycles. The number of hydrogen-bond acceptors (Lipinski definition) is 5. The first-order valence-corrected chi connectivity index (χ1v) is 9.32. The molecule has 0 amide bonds. The summed E-state index contributed by atoms with van der Waals surface area (Å²) < 4.78 is 33.1. The molecule has 0 saturated carbocycles. The number of hydrogen-bond donors (Lipinski definition) is 1. The normalized spacial score (nSPS) is 21.3. The average Bonchev–Trinajstić information content (AvgIpc) is 2.65. The highest BCUT2D eigenvalue weighted by atomic mass is 32.2. The van der Waals surface area contributed by atoms with Crippen LogP contribution in [0.2, 0.25) is 0 Å². The Morgan fingerprint density at radius 1 is 1.40 bits per heavy atom. The smallest absolute Gasteiger partial charge is 0.247 e. The predicted molar refractivity (Wildman–Crippen MR) is 81.6 cm³/mol. The van der Waals surface area contributed by atoms with Crippen molar-refractivity contribution in [3.05, 3.63) is 17.1 Å². The largest absolute Gasteiger partial charge is 0.465 e. The maximum Gasteiger partial charge on any atom is 0.247 e. The van der Waals surface area contributed by atoms with E-state index in [1.807, 2.05) is 13.8 Å². The lowest BCUT2D eigenvalue weighted by molar-refractivity contribution is 0.366. The van der Waals surface area contributed by atoms with Crippen LogP contribution in [0.25, 0.3) is 0 Å². The van der Waals surface area contributed by atoms with Gasteiger partial charge in [-0.25, -0.2) is 8.42 Å². The Morgan fingerprint density at radius 2 is 2.10 bits per heavy atom. The van der Waals surface area contributed by atoms with Gasteiger partial charge >= 0.3 is 0 Å². The Balaban J connectivity index is 2.48. The number of nitrogens with zero attached hydrogens (tertiary/aromatic N) is 1. The number of aryl methyl sites for hydroxylation is 2. The zero-order valence-electron chi connectivity index (χ0n) is 12.4. The summed E-state index contributed by atoms with van der Waals surface area (Å²) in [6.07, 6.45) is 0. The average molecular weight is 318 g/mol. The number of rotatable bonds is 4. The van der Waals surface area contributed by atoms with Gasteiger partial charge in [0, 0.05) is 36.2 Å². The standard InChI is InChI=1S/C13H22N2O3S2/c1-9-8-19-6-5-15(9)20(16,17)13-11(3)18-10(2)12(13)7-14-4/h9,14H,5-8H2,1-4H3. The van der Waals surface area contributed by atoms with Crippen LogP contribution < -0.4 is 5.32 Å². The summed E-state index contributed by atoms with van der Waals surface area (Å²) in [6.45, 7) is 6.56. The first kappa shape index (κ1) is 15.9. The van der Waals surface area contributed by atoms with E-state index >= 15 is 0 Å². The molecule has 1 saturated heterocycles. The minimum Gasteiger partial charge on any atom is -0.465 e. The third-order valence-electron chi connectivity index (χ3n) is 3.55. The van der Waals surface area contributed by atoms with E-state index in [2.05, 4.69) is 5.32 Å². The van der Waals surface area contributed by atoms with Gasteiger partial charge in [0.2, 0.25) is 10.0 Å². The van der Waals surface area contributed by atoms with Crippen LogP contribution in [-0.4, -0.2) is 43.9 Å². The van der Waals surface area contributed by atoms with E-state index < -0.39 is 10.0 Å². The lowest BCUT2D eigenvalue weighted by Gasteiger charge is -2.32. The van der Waals surface area contributed by atoms with Crippen LogP contribution in [0.5, 0.6) is 0 Å². The molecule has 1 aliphatic rings. The Morgan fingerprint density at radius 3 is 2.70 bits per heavy atom. The molecule has 1 fully saturated rings. The van der Waals surface area contributed by atoms with Crippen LogP contribution in [0.4, 0.5) is 0 Å². The predicted octanol–water partition coefficient (Wildman–Crippen LogP) is 1.74. The quantitative estimate of drug-likeness (QED) is 0.916. The van der Waals surface area contributed by atoms with Crippen molar-refractivity contribution < 1.29 is 12.8 Å². The zero-order valence-corrected chi connectivity index (χ0v) is 14.0. The molecule has 20 heavy (non-hydrogen) atoms. The van der Waals surface area contributed by atoms with Gasteiger partial charge in [-0.3, -0.25) is 0 Å². The van der Waals surface area contributed by atoms with Crippen molar-refractivity contribution in [3.63, 3.8) is 0 Å². The van der Waals surface area contributed by atoms with Crippen LogP contribution in [0.1, 0.15) is 24.0 Å². The second-order valence-electron chi connectivity index (χ2n) is 5.09. The molecular formula is C13H22N2O3S2. The number of nitrogens with one attached hydrogen (secondary N) is 1. The zero-order chi connectivity index (χ0) is 14.9. The molecule has 0 bridgehead atoms. The monoisotopic (exact) mass is 318 g/mol.